The molecule has 0 atom stereocenters. The minimum Gasteiger partial charge on any atom is -0.497 e. The molecular weight excluding hydrogens is 331 g/mol. The maximum absolute atomic E-state index is 11.0. The zero-order chi connectivity index (χ0) is 15.4. The number of carboxylic acids is 1. The van der Waals surface area contributed by atoms with E-state index >= 15 is 0 Å². The van der Waals surface area contributed by atoms with Crippen LogP contribution in [0, 0.1) is 0 Å². The molecule has 3 nitrogen and oxygen atoms in total. The van der Waals surface area contributed by atoms with E-state index in [9.17, 15) is 4.79 Å². The smallest absolute Gasteiger partial charge is 0.328 e. The van der Waals surface area contributed by atoms with Gasteiger partial charge in [0.05, 0.1) is 16.5 Å². The SMILES string of the molecule is COc1ccc(/C(=C/C(=O)O)Cc2sc(Cl)cc2Cl)cc1. The van der Waals surface area contributed by atoms with E-state index in [4.69, 9.17) is 33.0 Å². The van der Waals surface area contributed by atoms with Crippen LogP contribution in [0.2, 0.25) is 9.36 Å². The van der Waals surface area contributed by atoms with Crippen molar-refractivity contribution in [2.45, 2.75) is 6.42 Å². The Morgan fingerprint density at radius 2 is 2.00 bits per heavy atom. The number of benzene rings is 1. The summed E-state index contributed by atoms with van der Waals surface area (Å²) < 4.78 is 5.68. The van der Waals surface area contributed by atoms with Crippen LogP contribution in [0.15, 0.2) is 36.4 Å². The number of halogens is 2. The molecule has 1 aromatic heterocycles. The molecule has 0 amide bonds. The van der Waals surface area contributed by atoms with Crippen molar-refractivity contribution in [2.75, 3.05) is 7.11 Å². The summed E-state index contributed by atoms with van der Waals surface area (Å²) in [5, 5.41) is 9.59. The van der Waals surface area contributed by atoms with Gasteiger partial charge in [-0.2, -0.15) is 0 Å². The van der Waals surface area contributed by atoms with E-state index in [0.29, 0.717) is 27.1 Å². The van der Waals surface area contributed by atoms with Gasteiger partial charge in [0.2, 0.25) is 0 Å². The maximum atomic E-state index is 11.0. The molecule has 0 saturated heterocycles. The predicted octanol–water partition coefficient (Wildman–Crippen LogP) is 4.77. The van der Waals surface area contributed by atoms with Crippen LogP contribution in [-0.2, 0) is 11.2 Å². The summed E-state index contributed by atoms with van der Waals surface area (Å²) in [6, 6.07) is 8.87. The fourth-order valence-electron chi connectivity index (χ4n) is 1.86. The minimum atomic E-state index is -1.00. The molecule has 6 heteroatoms. The molecule has 2 aromatic rings. The molecule has 1 N–H and O–H groups in total. The summed E-state index contributed by atoms with van der Waals surface area (Å²) >= 11 is 13.4. The standard InChI is InChI=1S/C15H12Cl2O3S/c1-20-11-4-2-9(3-5-11)10(7-15(18)19)6-13-12(16)8-14(17)21-13/h2-5,7-8H,6H2,1H3,(H,18,19)/b10-7+. The van der Waals surface area contributed by atoms with E-state index in [2.05, 4.69) is 0 Å². The Bertz CT molecular complexity index is 675. The van der Waals surface area contributed by atoms with Gasteiger partial charge in [-0.3, -0.25) is 0 Å². The molecule has 0 bridgehead atoms. The Kier molecular flexibility index (Phi) is 5.28. The second kappa shape index (κ2) is 6.98. The van der Waals surface area contributed by atoms with Crippen molar-refractivity contribution in [1.82, 2.24) is 0 Å². The first-order chi connectivity index (χ1) is 9.99. The van der Waals surface area contributed by atoms with Gasteiger partial charge >= 0.3 is 5.97 Å². The molecule has 110 valence electrons. The second-order valence-corrected chi connectivity index (χ2v) is 6.41. The highest BCUT2D eigenvalue weighted by Crippen LogP contribution is 2.34. The van der Waals surface area contributed by atoms with Crippen molar-refractivity contribution in [3.05, 3.63) is 56.2 Å². The highest BCUT2D eigenvalue weighted by Gasteiger charge is 2.12. The summed E-state index contributed by atoms with van der Waals surface area (Å²) in [5.74, 6) is -0.287. The molecule has 21 heavy (non-hydrogen) atoms. The van der Waals surface area contributed by atoms with Gasteiger partial charge in [-0.25, -0.2) is 4.79 Å². The quantitative estimate of drug-likeness (QED) is 0.795. The Hall–Kier alpha value is -1.49. The molecule has 0 aliphatic heterocycles. The molecule has 0 aliphatic carbocycles. The average Bonchev–Trinajstić information content (AvgIpc) is 2.76. The molecule has 2 rings (SSSR count). The summed E-state index contributed by atoms with van der Waals surface area (Å²) in [6.45, 7) is 0. The molecule has 1 aromatic carbocycles. The molecule has 1 heterocycles. The lowest BCUT2D eigenvalue weighted by Crippen LogP contribution is -1.96. The first-order valence-corrected chi connectivity index (χ1v) is 7.58. The number of aliphatic carboxylic acids is 1. The number of hydrogen-bond donors (Lipinski definition) is 1. The number of rotatable bonds is 5. The normalized spacial score (nSPS) is 11.5. The van der Waals surface area contributed by atoms with Crippen LogP contribution < -0.4 is 4.74 Å². The van der Waals surface area contributed by atoms with Crippen LogP contribution in [-0.4, -0.2) is 18.2 Å². The van der Waals surface area contributed by atoms with Crippen molar-refractivity contribution in [3.63, 3.8) is 0 Å². The monoisotopic (exact) mass is 342 g/mol. The number of carbonyl (C=O) groups is 1. The number of ether oxygens (including phenoxy) is 1. The number of carboxylic acid groups (broad SMARTS) is 1. The lowest BCUT2D eigenvalue weighted by molar-refractivity contribution is -0.131. The van der Waals surface area contributed by atoms with E-state index in [1.807, 2.05) is 12.1 Å². The van der Waals surface area contributed by atoms with Crippen LogP contribution in [0.5, 0.6) is 5.75 Å². The third kappa shape index (κ3) is 4.24. The van der Waals surface area contributed by atoms with E-state index in [1.54, 1.807) is 25.3 Å². The van der Waals surface area contributed by atoms with Gasteiger partial charge in [0.1, 0.15) is 5.75 Å². The van der Waals surface area contributed by atoms with Crippen molar-refractivity contribution in [3.8, 4) is 5.75 Å². The van der Waals surface area contributed by atoms with Gasteiger partial charge in [-0.15, -0.1) is 11.3 Å². The van der Waals surface area contributed by atoms with Gasteiger partial charge in [0.15, 0.2) is 0 Å². The highest BCUT2D eigenvalue weighted by molar-refractivity contribution is 7.16. The van der Waals surface area contributed by atoms with Crippen LogP contribution in [0.1, 0.15) is 10.4 Å². The Labute approximate surface area is 136 Å². The predicted molar refractivity (Wildman–Crippen MR) is 86.6 cm³/mol. The van der Waals surface area contributed by atoms with Gasteiger partial charge in [0.25, 0.3) is 0 Å². The maximum Gasteiger partial charge on any atom is 0.328 e. The van der Waals surface area contributed by atoms with Crippen LogP contribution in [0.25, 0.3) is 5.57 Å². The van der Waals surface area contributed by atoms with Crippen molar-refractivity contribution in [2.24, 2.45) is 0 Å². The first-order valence-electron chi connectivity index (χ1n) is 6.01. The molecule has 0 radical (unpaired) electrons. The lowest BCUT2D eigenvalue weighted by Gasteiger charge is -2.08. The molecule has 0 spiro atoms. The van der Waals surface area contributed by atoms with Gasteiger partial charge in [-0.05, 0) is 29.3 Å². The molecule has 0 aliphatic rings. The lowest BCUT2D eigenvalue weighted by atomic mass is 10.0. The van der Waals surface area contributed by atoms with E-state index in [-0.39, 0.29) is 0 Å². The van der Waals surface area contributed by atoms with E-state index in [0.717, 1.165) is 10.4 Å². The summed E-state index contributed by atoms with van der Waals surface area (Å²) in [5.41, 5.74) is 1.46. The number of allylic oxidation sites excluding steroid dienone is 1. The first kappa shape index (κ1) is 15.9. The fourth-order valence-corrected chi connectivity index (χ4v) is 3.46. The van der Waals surface area contributed by atoms with Crippen LogP contribution in [0.4, 0.5) is 0 Å². The Morgan fingerprint density at radius 3 is 2.48 bits per heavy atom. The average molecular weight is 343 g/mol. The number of methoxy groups -OCH3 is 1. The fraction of sp³-hybridized carbons (Fsp3) is 0.133. The van der Waals surface area contributed by atoms with Crippen LogP contribution in [0.3, 0.4) is 0 Å². The highest BCUT2D eigenvalue weighted by atomic mass is 35.5. The van der Waals surface area contributed by atoms with Gasteiger partial charge in [-0.1, -0.05) is 35.3 Å². The summed E-state index contributed by atoms with van der Waals surface area (Å²) in [7, 11) is 1.58. The van der Waals surface area contributed by atoms with Gasteiger partial charge < -0.3 is 9.84 Å². The molecular formula is C15H12Cl2O3S. The zero-order valence-corrected chi connectivity index (χ0v) is 13.4. The molecule has 0 fully saturated rings. The van der Waals surface area contributed by atoms with Gasteiger partial charge in [0, 0.05) is 17.4 Å². The summed E-state index contributed by atoms with van der Waals surface area (Å²) in [4.78, 5) is 11.9. The van der Waals surface area contributed by atoms with Crippen molar-refractivity contribution >= 4 is 46.1 Å². The Balaban J connectivity index is 2.34. The largest absolute Gasteiger partial charge is 0.497 e. The molecule has 0 unspecified atom stereocenters. The van der Waals surface area contributed by atoms with E-state index < -0.39 is 5.97 Å². The van der Waals surface area contributed by atoms with Crippen molar-refractivity contribution in [1.29, 1.82) is 0 Å². The van der Waals surface area contributed by atoms with E-state index in [1.165, 1.54) is 17.4 Å². The minimum absolute atomic E-state index is 0.412. The molecule has 0 saturated carbocycles. The number of hydrogen-bond acceptors (Lipinski definition) is 3. The topological polar surface area (TPSA) is 46.5 Å². The van der Waals surface area contributed by atoms with Crippen LogP contribution >= 0.6 is 34.5 Å². The number of thiophene rings is 1. The third-order valence-corrected chi connectivity index (χ3v) is 4.55. The Morgan fingerprint density at radius 1 is 1.33 bits per heavy atom. The summed E-state index contributed by atoms with van der Waals surface area (Å²) in [6.07, 6.45) is 1.60. The van der Waals surface area contributed by atoms with Crippen molar-refractivity contribution < 1.29 is 14.6 Å². The third-order valence-electron chi connectivity index (χ3n) is 2.84. The second-order valence-electron chi connectivity index (χ2n) is 4.23. The zero-order valence-electron chi connectivity index (χ0n) is 11.1.